The number of hydrogen-bond acceptors (Lipinski definition) is 8. The third-order valence-electron chi connectivity index (χ3n) is 13.3. The number of carbonyl (C=O) groups excluding carboxylic acids is 2. The molecule has 0 bridgehead atoms. The maximum atomic E-state index is 12.7. The van der Waals surface area contributed by atoms with E-state index in [9.17, 15) is 19.0 Å². The van der Waals surface area contributed by atoms with Crippen molar-refractivity contribution < 1.29 is 37.6 Å². The van der Waals surface area contributed by atoms with Crippen LogP contribution < -0.4 is 5.73 Å². The van der Waals surface area contributed by atoms with Crippen molar-refractivity contribution in [1.82, 2.24) is 0 Å². The fourth-order valence-electron chi connectivity index (χ4n) is 8.69. The zero-order chi connectivity index (χ0) is 54.5. The number of rotatable bonds is 58. The van der Waals surface area contributed by atoms with Crippen molar-refractivity contribution in [3.05, 3.63) is 85.1 Å². The molecular formula is C65H116NO8P. The van der Waals surface area contributed by atoms with Gasteiger partial charge in [-0.25, -0.2) is 4.57 Å². The summed E-state index contributed by atoms with van der Waals surface area (Å²) in [6.07, 6.45) is 79.5. The van der Waals surface area contributed by atoms with Crippen LogP contribution in [-0.4, -0.2) is 49.3 Å². The molecule has 0 aliphatic heterocycles. The van der Waals surface area contributed by atoms with Gasteiger partial charge >= 0.3 is 19.8 Å². The van der Waals surface area contributed by atoms with Gasteiger partial charge < -0.3 is 20.1 Å². The van der Waals surface area contributed by atoms with Gasteiger partial charge in [-0.15, -0.1) is 0 Å². The minimum Gasteiger partial charge on any atom is -0.462 e. The fraction of sp³-hybridized carbons (Fsp3) is 0.754. The summed E-state index contributed by atoms with van der Waals surface area (Å²) in [5, 5.41) is 0. The number of carbonyl (C=O) groups is 2. The number of unbranched alkanes of at least 4 members (excludes halogenated alkanes) is 31. The molecule has 3 N–H and O–H groups in total. The van der Waals surface area contributed by atoms with Gasteiger partial charge in [0.2, 0.25) is 0 Å². The van der Waals surface area contributed by atoms with Crippen LogP contribution in [0.2, 0.25) is 0 Å². The number of nitrogens with two attached hydrogens (primary N) is 1. The van der Waals surface area contributed by atoms with Gasteiger partial charge in [-0.3, -0.25) is 18.6 Å². The van der Waals surface area contributed by atoms with Crippen molar-refractivity contribution in [3.63, 3.8) is 0 Å². The topological polar surface area (TPSA) is 134 Å². The molecule has 10 heteroatoms. The maximum absolute atomic E-state index is 12.7. The van der Waals surface area contributed by atoms with Gasteiger partial charge in [0.15, 0.2) is 6.10 Å². The predicted molar refractivity (Wildman–Crippen MR) is 321 cm³/mol. The molecule has 0 amide bonds. The lowest BCUT2D eigenvalue weighted by Crippen LogP contribution is -2.29. The third-order valence-corrected chi connectivity index (χ3v) is 14.2. The van der Waals surface area contributed by atoms with E-state index in [-0.39, 0.29) is 38.6 Å². The molecule has 75 heavy (non-hydrogen) atoms. The summed E-state index contributed by atoms with van der Waals surface area (Å²) in [5.41, 5.74) is 5.38. The molecular weight excluding hydrogens is 954 g/mol. The van der Waals surface area contributed by atoms with Crippen LogP contribution >= 0.6 is 7.82 Å². The molecule has 0 fully saturated rings. The highest BCUT2D eigenvalue weighted by Gasteiger charge is 2.26. The smallest absolute Gasteiger partial charge is 0.462 e. The Bertz CT molecular complexity index is 1500. The first-order valence-electron chi connectivity index (χ1n) is 31.1. The Hall–Kier alpha value is -2.81. The molecule has 0 spiro atoms. The predicted octanol–water partition coefficient (Wildman–Crippen LogP) is 19.9. The Labute approximate surface area is 462 Å². The summed E-state index contributed by atoms with van der Waals surface area (Å²) in [4.78, 5) is 35.1. The molecule has 2 unspecified atom stereocenters. The lowest BCUT2D eigenvalue weighted by atomic mass is 10.0. The van der Waals surface area contributed by atoms with Gasteiger partial charge in [-0.1, -0.05) is 266 Å². The van der Waals surface area contributed by atoms with Crippen molar-refractivity contribution in [3.8, 4) is 0 Å². The van der Waals surface area contributed by atoms with Crippen molar-refractivity contribution in [1.29, 1.82) is 0 Å². The second-order valence-corrected chi connectivity index (χ2v) is 22.0. The number of ether oxygens (including phenoxy) is 2. The van der Waals surface area contributed by atoms with Crippen LogP contribution in [0.3, 0.4) is 0 Å². The highest BCUT2D eigenvalue weighted by atomic mass is 31.2. The van der Waals surface area contributed by atoms with E-state index in [1.165, 1.54) is 154 Å². The number of hydrogen-bond donors (Lipinski definition) is 2. The van der Waals surface area contributed by atoms with Crippen molar-refractivity contribution >= 4 is 19.8 Å². The number of phosphoric acid groups is 1. The zero-order valence-corrected chi connectivity index (χ0v) is 49.4. The highest BCUT2D eigenvalue weighted by Crippen LogP contribution is 2.43. The lowest BCUT2D eigenvalue weighted by molar-refractivity contribution is -0.161. The van der Waals surface area contributed by atoms with E-state index in [4.69, 9.17) is 24.3 Å². The molecule has 0 radical (unpaired) electrons. The van der Waals surface area contributed by atoms with Crippen LogP contribution in [0, 0.1) is 0 Å². The Morgan fingerprint density at radius 1 is 0.413 bits per heavy atom. The Kier molecular flexibility index (Phi) is 58.2. The van der Waals surface area contributed by atoms with E-state index in [0.29, 0.717) is 6.42 Å². The minimum atomic E-state index is -4.39. The molecule has 0 rings (SSSR count). The van der Waals surface area contributed by atoms with Gasteiger partial charge in [0.25, 0.3) is 0 Å². The summed E-state index contributed by atoms with van der Waals surface area (Å²) in [5.74, 6) is -0.829. The molecule has 0 heterocycles. The van der Waals surface area contributed by atoms with Crippen LogP contribution in [0.25, 0.3) is 0 Å². The van der Waals surface area contributed by atoms with Crippen LogP contribution in [-0.2, 0) is 32.7 Å². The average Bonchev–Trinajstić information content (AvgIpc) is 3.40. The molecule has 0 saturated heterocycles. The Balaban J connectivity index is 3.82. The lowest BCUT2D eigenvalue weighted by Gasteiger charge is -2.19. The Morgan fingerprint density at radius 3 is 1.11 bits per heavy atom. The van der Waals surface area contributed by atoms with E-state index >= 15 is 0 Å². The van der Waals surface area contributed by atoms with Gasteiger partial charge in [-0.05, 0) is 89.9 Å². The van der Waals surface area contributed by atoms with E-state index in [1.807, 2.05) is 0 Å². The van der Waals surface area contributed by atoms with Gasteiger partial charge in [0.05, 0.1) is 13.2 Å². The summed E-state index contributed by atoms with van der Waals surface area (Å²) in [7, 11) is -4.39. The van der Waals surface area contributed by atoms with Crippen LogP contribution in [0.15, 0.2) is 85.1 Å². The quantitative estimate of drug-likeness (QED) is 0.0264. The first-order valence-corrected chi connectivity index (χ1v) is 32.6. The zero-order valence-electron chi connectivity index (χ0n) is 48.5. The van der Waals surface area contributed by atoms with Gasteiger partial charge in [0, 0.05) is 19.4 Å². The second kappa shape index (κ2) is 60.4. The van der Waals surface area contributed by atoms with Crippen molar-refractivity contribution in [2.75, 3.05) is 26.4 Å². The minimum absolute atomic E-state index is 0.0517. The fourth-order valence-corrected chi connectivity index (χ4v) is 9.46. The Morgan fingerprint density at radius 2 is 0.733 bits per heavy atom. The SMILES string of the molecule is CC/C=C\C/C=C\C/C=C\C/C=C\C/C=C\C/C=C\CCCCCCCCCCCCCCCCCCCCCCC(=O)OC(COC(=O)CCCCCCC/C=C\CCCCCCCC)COP(=O)(O)OCCN. The number of allylic oxidation sites excluding steroid dienone is 14. The second-order valence-electron chi connectivity index (χ2n) is 20.5. The van der Waals surface area contributed by atoms with Crippen LogP contribution in [0.1, 0.15) is 284 Å². The number of esters is 2. The normalized spacial score (nSPS) is 13.6. The maximum Gasteiger partial charge on any atom is 0.472 e. The van der Waals surface area contributed by atoms with Crippen molar-refractivity contribution in [2.45, 2.75) is 290 Å². The molecule has 9 nitrogen and oxygen atoms in total. The summed E-state index contributed by atoms with van der Waals surface area (Å²) in [6.45, 7) is 3.64. The molecule has 0 aliphatic carbocycles. The first kappa shape index (κ1) is 72.2. The van der Waals surface area contributed by atoms with E-state index in [2.05, 4.69) is 98.9 Å². The molecule has 0 aromatic heterocycles. The molecule has 2 atom stereocenters. The van der Waals surface area contributed by atoms with Crippen LogP contribution in [0.4, 0.5) is 0 Å². The van der Waals surface area contributed by atoms with Gasteiger partial charge in [0.1, 0.15) is 6.61 Å². The molecule has 0 aliphatic rings. The summed E-state index contributed by atoms with van der Waals surface area (Å²) < 4.78 is 33.0. The number of phosphoric ester groups is 1. The largest absolute Gasteiger partial charge is 0.472 e. The summed E-state index contributed by atoms with van der Waals surface area (Å²) in [6, 6.07) is 0. The molecule has 0 aromatic carbocycles. The third kappa shape index (κ3) is 60.3. The first-order chi connectivity index (χ1) is 36.8. The molecule has 0 aromatic rings. The highest BCUT2D eigenvalue weighted by molar-refractivity contribution is 7.47. The average molecular weight is 1070 g/mol. The van der Waals surface area contributed by atoms with Gasteiger partial charge in [-0.2, -0.15) is 0 Å². The van der Waals surface area contributed by atoms with E-state index in [1.54, 1.807) is 0 Å². The van der Waals surface area contributed by atoms with Crippen LogP contribution in [0.5, 0.6) is 0 Å². The summed E-state index contributed by atoms with van der Waals surface area (Å²) >= 11 is 0. The molecule has 0 saturated carbocycles. The van der Waals surface area contributed by atoms with Crippen molar-refractivity contribution in [2.24, 2.45) is 5.73 Å². The standard InChI is InChI=1S/C65H116NO8P/c1-3-5-7-9-11-13-15-17-19-20-21-22-23-24-25-26-27-28-29-30-31-32-33-34-35-36-37-38-39-40-41-42-44-46-48-50-52-54-56-58-65(68)74-63(62-73-75(69,70)72-60-59-66)61-71-64(67)57-55-53-51-49-47-45-43-18-16-14-12-10-8-6-4-2/h5,7,11,13,17-19,21-22,24-25,27-28,43,63H,3-4,6,8-10,12,14-16,20,23,26,29-42,44-62,66H2,1-2H3,(H,69,70)/b7-5-,13-11-,19-17-,22-21-,25-24-,28-27-,43-18-. The van der Waals surface area contributed by atoms with E-state index < -0.39 is 26.5 Å². The monoisotopic (exact) mass is 1070 g/mol. The molecule has 434 valence electrons. The van der Waals surface area contributed by atoms with E-state index in [0.717, 1.165) is 96.3 Å².